The van der Waals surface area contributed by atoms with Gasteiger partial charge in [0.2, 0.25) is 17.7 Å². The van der Waals surface area contributed by atoms with E-state index in [9.17, 15) is 19.5 Å². The third kappa shape index (κ3) is 20.0. The van der Waals surface area contributed by atoms with Crippen LogP contribution in [0.5, 0.6) is 0 Å². The van der Waals surface area contributed by atoms with Crippen molar-refractivity contribution >= 4 is 26.2 Å². The van der Waals surface area contributed by atoms with E-state index >= 15 is 0 Å². The second-order valence-electron chi connectivity index (χ2n) is 11.3. The summed E-state index contributed by atoms with van der Waals surface area (Å²) >= 11 is 0. The summed E-state index contributed by atoms with van der Waals surface area (Å²) in [7, 11) is -1.38. The van der Waals surface area contributed by atoms with Gasteiger partial charge in [-0.3, -0.25) is 19.7 Å². The molecule has 0 radical (unpaired) electrons. The predicted molar refractivity (Wildman–Crippen MR) is 180 cm³/mol. The van der Waals surface area contributed by atoms with E-state index in [1.165, 1.54) is 0 Å². The minimum absolute atomic E-state index is 0.0488. The Balaban J connectivity index is 5.60. The molecule has 2 atom stereocenters. The number of nitriles is 1. The van der Waals surface area contributed by atoms with E-state index in [1.54, 1.807) is 0 Å². The van der Waals surface area contributed by atoms with Gasteiger partial charge in [0.15, 0.2) is 0 Å². The van der Waals surface area contributed by atoms with E-state index in [2.05, 4.69) is 77.5 Å². The van der Waals surface area contributed by atoms with Crippen LogP contribution < -0.4 is 21.3 Å². The number of hydrogen-bond donors (Lipinski definition) is 5. The highest BCUT2D eigenvalue weighted by molar-refractivity contribution is 7.44. The van der Waals surface area contributed by atoms with Crippen LogP contribution in [0, 0.1) is 48.4 Å². The van der Waals surface area contributed by atoms with Crippen LogP contribution in [0.15, 0.2) is 0 Å². The summed E-state index contributed by atoms with van der Waals surface area (Å²) in [5, 5.41) is 30.5. The van der Waals surface area contributed by atoms with Gasteiger partial charge in [0.05, 0.1) is 45.3 Å². The average molecular weight is 661 g/mol. The van der Waals surface area contributed by atoms with E-state index in [-0.39, 0.29) is 107 Å². The summed E-state index contributed by atoms with van der Waals surface area (Å²) < 4.78 is 14.2. The standard InChI is InChI=1S/C33H53N6O6P/c1-8-22-35-29(40)15-18-33(19-16-30(41)36-23-9-2,20-17-31(42)37-24-10-3)38-32(43)14-11-12-25-44-46(45-26-13-21-34)39(27(4)5)28(6)7/h1-3,27-29,35,40H,11-20,22-26H2,4-7H3,(H,36,41)(H,37,42)(H,38,43). The van der Waals surface area contributed by atoms with Crippen LogP contribution >= 0.6 is 8.53 Å². The van der Waals surface area contributed by atoms with Crippen molar-refractivity contribution in [3.05, 3.63) is 0 Å². The Bertz CT molecular complexity index is 1030. The predicted octanol–water partition coefficient (Wildman–Crippen LogP) is 2.68. The second kappa shape index (κ2) is 25.9. The van der Waals surface area contributed by atoms with Crippen molar-refractivity contribution in [2.45, 2.75) is 116 Å². The van der Waals surface area contributed by atoms with Crippen LogP contribution in [0.1, 0.15) is 91.9 Å². The van der Waals surface area contributed by atoms with Gasteiger partial charge >= 0.3 is 0 Å². The third-order valence-corrected chi connectivity index (χ3v) is 8.95. The van der Waals surface area contributed by atoms with Gasteiger partial charge in [-0.1, -0.05) is 17.8 Å². The molecule has 12 nitrogen and oxygen atoms in total. The second-order valence-corrected chi connectivity index (χ2v) is 12.7. The topological polar surface area (TPSA) is 165 Å². The molecule has 256 valence electrons. The molecule has 0 aliphatic rings. The van der Waals surface area contributed by atoms with Crippen LogP contribution in [0.25, 0.3) is 0 Å². The van der Waals surface area contributed by atoms with Gasteiger partial charge in [0.1, 0.15) is 6.23 Å². The van der Waals surface area contributed by atoms with Gasteiger partial charge in [-0.2, -0.15) is 5.26 Å². The van der Waals surface area contributed by atoms with Crippen LogP contribution in [0.3, 0.4) is 0 Å². The normalized spacial score (nSPS) is 12.4. The molecular weight excluding hydrogens is 607 g/mol. The molecule has 3 amide bonds. The van der Waals surface area contributed by atoms with Gasteiger partial charge in [0, 0.05) is 36.9 Å². The summed E-state index contributed by atoms with van der Waals surface area (Å²) in [6, 6.07) is 2.43. The van der Waals surface area contributed by atoms with Crippen LogP contribution in [0.2, 0.25) is 0 Å². The lowest BCUT2D eigenvalue weighted by Crippen LogP contribution is -2.50. The van der Waals surface area contributed by atoms with Gasteiger partial charge < -0.3 is 30.1 Å². The number of nitrogens with one attached hydrogen (secondary N) is 4. The molecule has 0 saturated carbocycles. The molecule has 0 rings (SSSR count). The zero-order chi connectivity index (χ0) is 34.8. The number of amides is 3. The molecule has 0 aliphatic carbocycles. The first-order valence-electron chi connectivity index (χ1n) is 15.7. The fourth-order valence-corrected chi connectivity index (χ4v) is 6.27. The Kier molecular flexibility index (Phi) is 24.1. The molecule has 5 N–H and O–H groups in total. The molecular formula is C33H53N6O6P. The smallest absolute Gasteiger partial charge is 0.259 e. The highest BCUT2D eigenvalue weighted by Gasteiger charge is 2.33. The van der Waals surface area contributed by atoms with E-state index < -0.39 is 20.3 Å². The maximum atomic E-state index is 13.3. The molecule has 0 bridgehead atoms. The lowest BCUT2D eigenvalue weighted by Gasteiger charge is -2.36. The van der Waals surface area contributed by atoms with Crippen molar-refractivity contribution in [3.63, 3.8) is 0 Å². The zero-order valence-electron chi connectivity index (χ0n) is 27.9. The van der Waals surface area contributed by atoms with Crippen LogP contribution in [-0.4, -0.2) is 84.2 Å². The van der Waals surface area contributed by atoms with E-state index in [4.69, 9.17) is 33.6 Å². The monoisotopic (exact) mass is 660 g/mol. The summed E-state index contributed by atoms with van der Waals surface area (Å²) in [6.45, 7) is 9.18. The number of aliphatic hydroxyl groups is 1. The first-order chi connectivity index (χ1) is 21.9. The first kappa shape index (κ1) is 42.8. The van der Waals surface area contributed by atoms with Crippen molar-refractivity contribution in [2.75, 3.05) is 32.8 Å². The number of rotatable bonds is 26. The molecule has 0 spiro atoms. The molecule has 0 aromatic heterocycles. The fraction of sp³-hybridized carbons (Fsp3) is 0.697. The molecule has 2 unspecified atom stereocenters. The van der Waals surface area contributed by atoms with E-state index in [0.29, 0.717) is 19.4 Å². The number of terminal acetylenes is 3. The Morgan fingerprint density at radius 3 is 1.87 bits per heavy atom. The Labute approximate surface area is 277 Å². The summed E-state index contributed by atoms with van der Waals surface area (Å²) in [5.74, 6) is 6.29. The molecule has 13 heteroatoms. The average Bonchev–Trinajstić information content (AvgIpc) is 3.01. The van der Waals surface area contributed by atoms with Gasteiger partial charge in [0.25, 0.3) is 8.53 Å². The Morgan fingerprint density at radius 1 is 0.826 bits per heavy atom. The van der Waals surface area contributed by atoms with E-state index in [1.807, 2.05) is 0 Å². The number of unbranched alkanes of at least 4 members (excludes halogenated alkanes) is 1. The summed E-state index contributed by atoms with van der Waals surface area (Å²) in [5.41, 5.74) is -0.981. The molecule has 0 aliphatic heterocycles. The molecule has 0 fully saturated rings. The number of nitrogens with zero attached hydrogens (tertiary/aromatic N) is 2. The van der Waals surface area contributed by atoms with Gasteiger partial charge in [-0.15, -0.1) is 19.3 Å². The molecule has 0 aromatic carbocycles. The molecule has 0 heterocycles. The van der Waals surface area contributed by atoms with Crippen molar-refractivity contribution in [3.8, 4) is 43.1 Å². The number of carbonyl (C=O) groups is 3. The van der Waals surface area contributed by atoms with Gasteiger partial charge in [-0.25, -0.2) is 4.67 Å². The summed E-state index contributed by atoms with van der Waals surface area (Å²) in [6.07, 6.45) is 17.4. The van der Waals surface area contributed by atoms with Crippen molar-refractivity contribution < 1.29 is 28.5 Å². The zero-order valence-corrected chi connectivity index (χ0v) is 28.8. The van der Waals surface area contributed by atoms with Crippen molar-refractivity contribution in [1.29, 1.82) is 5.26 Å². The summed E-state index contributed by atoms with van der Waals surface area (Å²) in [4.78, 5) is 38.2. The fourth-order valence-electron chi connectivity index (χ4n) is 4.64. The third-order valence-electron chi connectivity index (χ3n) is 6.84. The molecule has 0 aromatic rings. The molecule has 46 heavy (non-hydrogen) atoms. The lowest BCUT2D eigenvalue weighted by molar-refractivity contribution is -0.126. The Morgan fingerprint density at radius 2 is 1.37 bits per heavy atom. The number of carbonyl (C=O) groups excluding carboxylic acids is 3. The van der Waals surface area contributed by atoms with Crippen molar-refractivity contribution in [2.24, 2.45) is 0 Å². The highest BCUT2D eigenvalue weighted by Crippen LogP contribution is 2.46. The van der Waals surface area contributed by atoms with E-state index in [0.717, 1.165) is 0 Å². The van der Waals surface area contributed by atoms with Crippen LogP contribution in [-0.2, 0) is 23.4 Å². The minimum Gasteiger partial charge on any atom is -0.379 e. The van der Waals surface area contributed by atoms with Crippen LogP contribution in [0.4, 0.5) is 0 Å². The SMILES string of the molecule is C#CCNC(=O)CCC(CCC(=O)NCC#C)(CCC(O)NCC#C)NC(=O)CCCCOP(OCCC#N)N(C(C)C)C(C)C. The largest absolute Gasteiger partial charge is 0.379 e. The quantitative estimate of drug-likeness (QED) is 0.0406. The Hall–Kier alpha value is -3.19. The highest BCUT2D eigenvalue weighted by atomic mass is 31.2. The number of hydrogen-bond acceptors (Lipinski definition) is 9. The number of aliphatic hydroxyl groups excluding tert-OH is 1. The van der Waals surface area contributed by atoms with Gasteiger partial charge in [-0.05, 0) is 66.2 Å². The van der Waals surface area contributed by atoms with Crippen molar-refractivity contribution in [1.82, 2.24) is 25.9 Å². The minimum atomic E-state index is -1.38. The lowest BCUT2D eigenvalue weighted by atomic mass is 9.82. The first-order valence-corrected chi connectivity index (χ1v) is 16.9. The maximum Gasteiger partial charge on any atom is 0.259 e. The maximum absolute atomic E-state index is 13.3. The molecule has 0 saturated heterocycles.